The number of phenolic OH excluding ortho intramolecular Hbond substituents is 2. The topological polar surface area (TPSA) is 40.5 Å². The van der Waals surface area contributed by atoms with Crippen molar-refractivity contribution in [3.05, 3.63) is 58.6 Å². The highest BCUT2D eigenvalue weighted by atomic mass is 35.5. The molecule has 0 amide bonds. The molecule has 0 saturated heterocycles. The van der Waals surface area contributed by atoms with Crippen molar-refractivity contribution in [2.45, 2.75) is 0 Å². The van der Waals surface area contributed by atoms with Crippen LogP contribution in [0.5, 0.6) is 11.5 Å². The number of benzene rings is 3. The normalized spacial score (nSPS) is 10.9. The first-order valence-electron chi connectivity index (χ1n) is 5.97. The Morgan fingerprint density at radius 3 is 2.45 bits per heavy atom. The standard InChI is InChI=1S/C16H10Cl2O2/c17-13-3-1-2-12(16(13)20)10-4-6-11-9(8-10)5-7-14(19)15(11)18/h1-8,19-20H. The van der Waals surface area contributed by atoms with Gasteiger partial charge in [-0.3, -0.25) is 0 Å². The van der Waals surface area contributed by atoms with Crippen molar-refractivity contribution < 1.29 is 10.2 Å². The van der Waals surface area contributed by atoms with Crippen LogP contribution in [0.4, 0.5) is 0 Å². The van der Waals surface area contributed by atoms with Gasteiger partial charge in [-0.25, -0.2) is 0 Å². The van der Waals surface area contributed by atoms with Crippen LogP contribution in [0.3, 0.4) is 0 Å². The highest BCUT2D eigenvalue weighted by molar-refractivity contribution is 6.37. The molecule has 20 heavy (non-hydrogen) atoms. The van der Waals surface area contributed by atoms with Gasteiger partial charge in [0.25, 0.3) is 0 Å². The van der Waals surface area contributed by atoms with Crippen molar-refractivity contribution in [1.29, 1.82) is 0 Å². The average Bonchev–Trinajstić information content (AvgIpc) is 2.46. The van der Waals surface area contributed by atoms with Gasteiger partial charge in [-0.2, -0.15) is 0 Å². The Bertz CT molecular complexity index is 813. The minimum Gasteiger partial charge on any atom is -0.506 e. The Balaban J connectivity index is 2.24. The highest BCUT2D eigenvalue weighted by Crippen LogP contribution is 2.38. The zero-order chi connectivity index (χ0) is 14.3. The molecule has 0 aliphatic heterocycles. The predicted molar refractivity (Wildman–Crippen MR) is 82.7 cm³/mol. The molecule has 0 aliphatic rings. The number of rotatable bonds is 1. The molecule has 3 aromatic rings. The van der Waals surface area contributed by atoms with Crippen LogP contribution in [0.15, 0.2) is 48.5 Å². The molecule has 0 radical (unpaired) electrons. The molecule has 0 unspecified atom stereocenters. The van der Waals surface area contributed by atoms with E-state index >= 15 is 0 Å². The van der Waals surface area contributed by atoms with Gasteiger partial charge in [0.2, 0.25) is 0 Å². The molecule has 0 aromatic heterocycles. The Labute approximate surface area is 125 Å². The summed E-state index contributed by atoms with van der Waals surface area (Å²) >= 11 is 12.0. The monoisotopic (exact) mass is 304 g/mol. The van der Waals surface area contributed by atoms with E-state index in [0.717, 1.165) is 16.3 Å². The zero-order valence-electron chi connectivity index (χ0n) is 10.3. The summed E-state index contributed by atoms with van der Waals surface area (Å²) in [7, 11) is 0. The highest BCUT2D eigenvalue weighted by Gasteiger charge is 2.10. The molecule has 0 fully saturated rings. The molecule has 0 heterocycles. The average molecular weight is 305 g/mol. The van der Waals surface area contributed by atoms with E-state index in [1.165, 1.54) is 0 Å². The molecule has 100 valence electrons. The van der Waals surface area contributed by atoms with Gasteiger partial charge in [-0.05, 0) is 29.1 Å². The number of aromatic hydroxyl groups is 2. The smallest absolute Gasteiger partial charge is 0.141 e. The summed E-state index contributed by atoms with van der Waals surface area (Å²) in [5.74, 6) is 0.107. The van der Waals surface area contributed by atoms with Crippen LogP contribution < -0.4 is 0 Å². The number of hydrogen-bond donors (Lipinski definition) is 2. The van der Waals surface area contributed by atoms with Crippen LogP contribution in [-0.2, 0) is 0 Å². The summed E-state index contributed by atoms with van der Waals surface area (Å²) in [6.07, 6.45) is 0. The molecule has 3 aromatic carbocycles. The lowest BCUT2D eigenvalue weighted by Crippen LogP contribution is -1.82. The van der Waals surface area contributed by atoms with E-state index in [4.69, 9.17) is 23.2 Å². The lowest BCUT2D eigenvalue weighted by Gasteiger charge is -2.09. The van der Waals surface area contributed by atoms with Gasteiger partial charge in [0.15, 0.2) is 0 Å². The number of hydrogen-bond acceptors (Lipinski definition) is 2. The molecule has 4 heteroatoms. The lowest BCUT2D eigenvalue weighted by atomic mass is 10.0. The van der Waals surface area contributed by atoms with Crippen molar-refractivity contribution >= 4 is 34.0 Å². The summed E-state index contributed by atoms with van der Waals surface area (Å²) in [5.41, 5.74) is 1.49. The minimum absolute atomic E-state index is 0.0533. The lowest BCUT2D eigenvalue weighted by molar-refractivity contribution is 0.476. The van der Waals surface area contributed by atoms with E-state index < -0.39 is 0 Å². The quantitative estimate of drug-likeness (QED) is 0.646. The second kappa shape index (κ2) is 4.89. The summed E-state index contributed by atoms with van der Waals surface area (Å²) in [5, 5.41) is 21.9. The zero-order valence-corrected chi connectivity index (χ0v) is 11.8. The number of para-hydroxylation sites is 1. The summed E-state index contributed by atoms with van der Waals surface area (Å²) in [4.78, 5) is 0. The Hall–Kier alpha value is -1.90. The van der Waals surface area contributed by atoms with Gasteiger partial charge in [0.05, 0.1) is 10.0 Å². The van der Waals surface area contributed by atoms with Crippen LogP contribution in [0.25, 0.3) is 21.9 Å². The maximum absolute atomic E-state index is 10.0. The van der Waals surface area contributed by atoms with E-state index in [0.29, 0.717) is 15.6 Å². The number of phenols is 2. The third-order valence-corrected chi connectivity index (χ3v) is 3.93. The van der Waals surface area contributed by atoms with Gasteiger partial charge in [0, 0.05) is 10.9 Å². The summed E-state index contributed by atoms with van der Waals surface area (Å²) in [6.45, 7) is 0. The molecule has 2 nitrogen and oxygen atoms in total. The number of halogens is 2. The molecule has 3 rings (SSSR count). The van der Waals surface area contributed by atoms with Gasteiger partial charge in [0.1, 0.15) is 11.5 Å². The van der Waals surface area contributed by atoms with Crippen LogP contribution in [0, 0.1) is 0 Å². The Morgan fingerprint density at radius 2 is 1.65 bits per heavy atom. The fourth-order valence-electron chi connectivity index (χ4n) is 2.20. The maximum Gasteiger partial charge on any atom is 0.141 e. The van der Waals surface area contributed by atoms with Gasteiger partial charge in [-0.1, -0.05) is 53.5 Å². The van der Waals surface area contributed by atoms with Crippen LogP contribution >= 0.6 is 23.2 Å². The second-order valence-corrected chi connectivity index (χ2v) is 5.26. The minimum atomic E-state index is 0.0533. The van der Waals surface area contributed by atoms with Crippen molar-refractivity contribution in [2.75, 3.05) is 0 Å². The predicted octanol–water partition coefficient (Wildman–Crippen LogP) is 5.22. The van der Waals surface area contributed by atoms with Crippen LogP contribution in [-0.4, -0.2) is 10.2 Å². The van der Waals surface area contributed by atoms with Crippen molar-refractivity contribution in [3.63, 3.8) is 0 Å². The maximum atomic E-state index is 10.0. The van der Waals surface area contributed by atoms with E-state index in [2.05, 4.69) is 0 Å². The van der Waals surface area contributed by atoms with Crippen molar-refractivity contribution in [2.24, 2.45) is 0 Å². The summed E-state index contributed by atoms with van der Waals surface area (Å²) in [6, 6.07) is 14.1. The molecule has 0 bridgehead atoms. The first-order valence-corrected chi connectivity index (χ1v) is 6.72. The molecule has 2 N–H and O–H groups in total. The molecule has 0 saturated carbocycles. The first-order chi connectivity index (χ1) is 9.58. The second-order valence-electron chi connectivity index (χ2n) is 4.47. The van der Waals surface area contributed by atoms with E-state index in [-0.39, 0.29) is 11.5 Å². The summed E-state index contributed by atoms with van der Waals surface area (Å²) < 4.78 is 0. The largest absolute Gasteiger partial charge is 0.506 e. The molecule has 0 aliphatic carbocycles. The number of fused-ring (bicyclic) bond motifs is 1. The Kier molecular flexibility index (Phi) is 3.20. The molecule has 0 atom stereocenters. The van der Waals surface area contributed by atoms with E-state index in [1.807, 2.05) is 18.2 Å². The van der Waals surface area contributed by atoms with Crippen LogP contribution in [0.1, 0.15) is 0 Å². The van der Waals surface area contributed by atoms with Gasteiger partial charge in [-0.15, -0.1) is 0 Å². The molecular weight excluding hydrogens is 295 g/mol. The van der Waals surface area contributed by atoms with Gasteiger partial charge < -0.3 is 10.2 Å². The Morgan fingerprint density at radius 1 is 0.850 bits per heavy atom. The van der Waals surface area contributed by atoms with E-state index in [9.17, 15) is 10.2 Å². The van der Waals surface area contributed by atoms with Gasteiger partial charge >= 0.3 is 0 Å². The fourth-order valence-corrected chi connectivity index (χ4v) is 2.61. The third-order valence-electron chi connectivity index (χ3n) is 3.23. The van der Waals surface area contributed by atoms with Crippen molar-refractivity contribution in [3.8, 4) is 22.6 Å². The third kappa shape index (κ3) is 2.07. The molecular formula is C16H10Cl2O2. The van der Waals surface area contributed by atoms with E-state index in [1.54, 1.807) is 30.3 Å². The molecule has 0 spiro atoms. The first kappa shape index (κ1) is 13.1. The fraction of sp³-hybridized carbons (Fsp3) is 0. The SMILES string of the molecule is Oc1ccc2cc(-c3cccc(Cl)c3O)ccc2c1Cl. The van der Waals surface area contributed by atoms with Crippen LogP contribution in [0.2, 0.25) is 10.0 Å². The van der Waals surface area contributed by atoms with Crippen molar-refractivity contribution in [1.82, 2.24) is 0 Å².